The molecule has 0 aliphatic carbocycles. The van der Waals surface area contributed by atoms with Gasteiger partial charge < -0.3 is 30.7 Å². The molecule has 4 N–H and O–H groups in total. The van der Waals surface area contributed by atoms with E-state index in [2.05, 4.69) is 32.9 Å². The number of methoxy groups -OCH3 is 1. The lowest BCUT2D eigenvalue weighted by Gasteiger charge is -2.16. The number of carbonyl (C=O) groups excluding carboxylic acids is 1. The number of hydrogen-bond donors (Lipinski definition) is 4. The topological polar surface area (TPSA) is 98.2 Å². The van der Waals surface area contributed by atoms with E-state index in [4.69, 9.17) is 4.74 Å². The first-order chi connectivity index (χ1) is 13.1. The van der Waals surface area contributed by atoms with Crippen LogP contribution < -0.4 is 16.0 Å². The molecule has 0 radical (unpaired) electrons. The van der Waals surface area contributed by atoms with Crippen LogP contribution >= 0.6 is 24.0 Å². The average molecular weight is 507 g/mol. The molecule has 0 saturated heterocycles. The van der Waals surface area contributed by atoms with Crippen molar-refractivity contribution >= 4 is 35.8 Å². The molecule has 0 heterocycles. The Hall–Kier alpha value is -1.59. The van der Waals surface area contributed by atoms with Gasteiger partial charge in [-0.05, 0) is 32.5 Å². The standard InChI is InChI=1S/C19H33N5O3.HI/c1-4-20-19(23-12-14-24(2)13-7-15-27-3)22-11-10-21-18(26)16-8-5-6-9-17(16)25;/h5-6,8-9,25H,4,7,10-15H2,1-3H3,(H,21,26)(H2,20,22,23);1H. The Labute approximate surface area is 185 Å². The summed E-state index contributed by atoms with van der Waals surface area (Å²) in [5.74, 6) is 0.404. The molecule has 160 valence electrons. The Morgan fingerprint density at radius 2 is 1.89 bits per heavy atom. The molecule has 1 aromatic carbocycles. The Bertz CT molecular complexity index is 586. The smallest absolute Gasteiger partial charge is 0.255 e. The van der Waals surface area contributed by atoms with Crippen LogP contribution in [0.4, 0.5) is 0 Å². The van der Waals surface area contributed by atoms with E-state index < -0.39 is 0 Å². The average Bonchev–Trinajstić information content (AvgIpc) is 2.65. The van der Waals surface area contributed by atoms with E-state index in [-0.39, 0.29) is 41.2 Å². The molecule has 0 spiro atoms. The molecule has 1 amide bonds. The molecule has 1 rings (SSSR count). The van der Waals surface area contributed by atoms with Gasteiger partial charge >= 0.3 is 0 Å². The Balaban J connectivity index is 0.00000729. The number of halogens is 1. The summed E-state index contributed by atoms with van der Waals surface area (Å²) >= 11 is 0. The number of benzene rings is 1. The Morgan fingerprint density at radius 1 is 1.18 bits per heavy atom. The van der Waals surface area contributed by atoms with Crippen molar-refractivity contribution in [2.24, 2.45) is 4.99 Å². The summed E-state index contributed by atoms with van der Waals surface area (Å²) in [7, 11) is 3.78. The van der Waals surface area contributed by atoms with E-state index in [0.717, 1.165) is 38.6 Å². The zero-order valence-corrected chi connectivity index (χ0v) is 19.4. The fourth-order valence-corrected chi connectivity index (χ4v) is 2.38. The minimum Gasteiger partial charge on any atom is -0.507 e. The van der Waals surface area contributed by atoms with Crippen molar-refractivity contribution in [2.75, 3.05) is 60.0 Å². The number of nitrogens with zero attached hydrogens (tertiary/aromatic N) is 2. The molecule has 0 atom stereocenters. The van der Waals surface area contributed by atoms with Crippen molar-refractivity contribution in [1.29, 1.82) is 0 Å². The van der Waals surface area contributed by atoms with E-state index in [9.17, 15) is 9.90 Å². The van der Waals surface area contributed by atoms with Crippen LogP contribution in [0.15, 0.2) is 29.3 Å². The van der Waals surface area contributed by atoms with Gasteiger partial charge in [-0.15, -0.1) is 24.0 Å². The fraction of sp³-hybridized carbons (Fsp3) is 0.579. The Morgan fingerprint density at radius 3 is 2.57 bits per heavy atom. The number of para-hydroxylation sites is 1. The predicted octanol–water partition coefficient (Wildman–Crippen LogP) is 1.26. The van der Waals surface area contributed by atoms with Crippen molar-refractivity contribution in [3.05, 3.63) is 29.8 Å². The van der Waals surface area contributed by atoms with Crippen LogP contribution in [0.5, 0.6) is 5.75 Å². The number of nitrogens with one attached hydrogen (secondary N) is 3. The number of likely N-dealkylation sites (N-methyl/N-ethyl adjacent to an activating group) is 1. The third-order valence-electron chi connectivity index (χ3n) is 3.84. The van der Waals surface area contributed by atoms with E-state index in [1.165, 1.54) is 6.07 Å². The van der Waals surface area contributed by atoms with Crippen LogP contribution in [0.25, 0.3) is 0 Å². The quantitative estimate of drug-likeness (QED) is 0.147. The molecule has 0 saturated carbocycles. The number of amides is 1. The van der Waals surface area contributed by atoms with Crippen LogP contribution in [-0.4, -0.2) is 81.9 Å². The first kappa shape index (κ1) is 26.4. The summed E-state index contributed by atoms with van der Waals surface area (Å²) in [5.41, 5.74) is 0.273. The summed E-state index contributed by atoms with van der Waals surface area (Å²) < 4.78 is 5.06. The molecule has 0 aromatic heterocycles. The number of carbonyl (C=O) groups is 1. The van der Waals surface area contributed by atoms with Gasteiger partial charge in [0.25, 0.3) is 5.91 Å². The number of guanidine groups is 1. The van der Waals surface area contributed by atoms with Crippen molar-refractivity contribution in [2.45, 2.75) is 13.3 Å². The highest BCUT2D eigenvalue weighted by Crippen LogP contribution is 2.14. The van der Waals surface area contributed by atoms with E-state index >= 15 is 0 Å². The summed E-state index contributed by atoms with van der Waals surface area (Å²) in [4.78, 5) is 18.8. The van der Waals surface area contributed by atoms with E-state index in [1.807, 2.05) is 6.92 Å². The molecule has 0 aliphatic heterocycles. The minimum atomic E-state index is -0.297. The monoisotopic (exact) mass is 507 g/mol. The van der Waals surface area contributed by atoms with Gasteiger partial charge in [0.15, 0.2) is 5.96 Å². The summed E-state index contributed by atoms with van der Waals surface area (Å²) in [6.07, 6.45) is 1.01. The minimum absolute atomic E-state index is 0. The first-order valence-electron chi connectivity index (χ1n) is 9.34. The largest absolute Gasteiger partial charge is 0.507 e. The van der Waals surface area contributed by atoms with Gasteiger partial charge in [0.2, 0.25) is 0 Å². The van der Waals surface area contributed by atoms with Crippen LogP contribution in [0.2, 0.25) is 0 Å². The van der Waals surface area contributed by atoms with Crippen molar-refractivity contribution in [1.82, 2.24) is 20.9 Å². The van der Waals surface area contributed by atoms with E-state index in [0.29, 0.717) is 19.6 Å². The Kier molecular flexibility index (Phi) is 15.4. The highest BCUT2D eigenvalue weighted by atomic mass is 127. The summed E-state index contributed by atoms with van der Waals surface area (Å²) in [6, 6.07) is 6.49. The second-order valence-corrected chi connectivity index (χ2v) is 6.11. The van der Waals surface area contributed by atoms with Crippen molar-refractivity contribution in [3.8, 4) is 5.75 Å². The number of phenolic OH excluding ortho intramolecular Hbond substituents is 1. The lowest BCUT2D eigenvalue weighted by Crippen LogP contribution is -2.42. The van der Waals surface area contributed by atoms with Crippen LogP contribution in [0.1, 0.15) is 23.7 Å². The highest BCUT2D eigenvalue weighted by molar-refractivity contribution is 14.0. The van der Waals surface area contributed by atoms with Crippen molar-refractivity contribution in [3.63, 3.8) is 0 Å². The maximum Gasteiger partial charge on any atom is 0.255 e. The number of aliphatic imine (C=N–C) groups is 1. The maximum atomic E-state index is 12.0. The lowest BCUT2D eigenvalue weighted by molar-refractivity contribution is 0.0951. The maximum absolute atomic E-state index is 12.0. The molecule has 0 bridgehead atoms. The number of aromatic hydroxyl groups is 1. The molecular formula is C19H34IN5O3. The van der Waals surface area contributed by atoms with Gasteiger partial charge in [0, 0.05) is 46.4 Å². The molecule has 8 nitrogen and oxygen atoms in total. The van der Waals surface area contributed by atoms with E-state index in [1.54, 1.807) is 25.3 Å². The molecule has 0 aliphatic rings. The van der Waals surface area contributed by atoms with Gasteiger partial charge in [0.1, 0.15) is 5.75 Å². The highest BCUT2D eigenvalue weighted by Gasteiger charge is 2.09. The van der Waals surface area contributed by atoms with Gasteiger partial charge in [-0.1, -0.05) is 12.1 Å². The number of phenols is 1. The zero-order chi connectivity index (χ0) is 19.9. The predicted molar refractivity (Wildman–Crippen MR) is 124 cm³/mol. The number of ether oxygens (including phenoxy) is 1. The second-order valence-electron chi connectivity index (χ2n) is 6.11. The van der Waals surface area contributed by atoms with Gasteiger partial charge in [0.05, 0.1) is 12.1 Å². The normalized spacial score (nSPS) is 11.1. The molecular weight excluding hydrogens is 473 g/mol. The molecule has 0 unspecified atom stereocenters. The van der Waals surface area contributed by atoms with Crippen LogP contribution in [0, 0.1) is 0 Å². The SMILES string of the molecule is CCNC(=NCCN(C)CCCOC)NCCNC(=O)c1ccccc1O.I. The third-order valence-corrected chi connectivity index (χ3v) is 3.84. The van der Waals surface area contributed by atoms with Gasteiger partial charge in [-0.2, -0.15) is 0 Å². The van der Waals surface area contributed by atoms with Gasteiger partial charge in [-0.3, -0.25) is 9.79 Å². The first-order valence-corrected chi connectivity index (χ1v) is 9.34. The number of hydrogen-bond acceptors (Lipinski definition) is 5. The molecule has 1 aromatic rings. The summed E-state index contributed by atoms with van der Waals surface area (Å²) in [5, 5.41) is 18.8. The third kappa shape index (κ3) is 11.3. The van der Waals surface area contributed by atoms with Gasteiger partial charge in [-0.25, -0.2) is 0 Å². The van der Waals surface area contributed by atoms with Crippen molar-refractivity contribution < 1.29 is 14.6 Å². The lowest BCUT2D eigenvalue weighted by atomic mass is 10.2. The molecule has 28 heavy (non-hydrogen) atoms. The second kappa shape index (κ2) is 16.4. The van der Waals surface area contributed by atoms with Crippen LogP contribution in [0.3, 0.4) is 0 Å². The fourth-order valence-electron chi connectivity index (χ4n) is 2.38. The zero-order valence-electron chi connectivity index (χ0n) is 17.0. The number of rotatable bonds is 12. The van der Waals surface area contributed by atoms with Crippen LogP contribution in [-0.2, 0) is 4.74 Å². The molecule has 0 fully saturated rings. The molecule has 9 heteroatoms. The summed E-state index contributed by atoms with van der Waals surface area (Å²) in [6.45, 7) is 7.03.